The largest absolute Gasteiger partial charge is 0.286 e. The molecule has 0 fully saturated rings. The van der Waals surface area contributed by atoms with Crippen molar-refractivity contribution in [2.75, 3.05) is 0 Å². The minimum absolute atomic E-state index is 0.0891. The Morgan fingerprint density at radius 1 is 1.57 bits per heavy atom. The molecule has 4 nitrogen and oxygen atoms in total. The SMILES string of the molecule is Cn1ncc(C(=O)c2ccc(Br)s2)n1. The number of carbonyl (C=O) groups excluding carboxylic acids is 1. The number of halogens is 1. The Labute approximate surface area is 92.7 Å². The molecule has 0 saturated heterocycles. The first-order valence-corrected chi connectivity index (χ1v) is 5.44. The van der Waals surface area contributed by atoms with Gasteiger partial charge < -0.3 is 0 Å². The van der Waals surface area contributed by atoms with Crippen LogP contribution in [0, 0.1) is 0 Å². The number of carbonyl (C=O) groups is 1. The van der Waals surface area contributed by atoms with E-state index in [-0.39, 0.29) is 5.78 Å². The van der Waals surface area contributed by atoms with Crippen LogP contribution in [0.4, 0.5) is 0 Å². The highest BCUT2D eigenvalue weighted by Crippen LogP contribution is 2.23. The highest BCUT2D eigenvalue weighted by molar-refractivity contribution is 9.11. The van der Waals surface area contributed by atoms with Crippen LogP contribution in [-0.4, -0.2) is 20.8 Å². The Kier molecular flexibility index (Phi) is 2.47. The van der Waals surface area contributed by atoms with E-state index in [0.717, 1.165) is 3.79 Å². The van der Waals surface area contributed by atoms with Gasteiger partial charge in [0.05, 0.1) is 14.9 Å². The van der Waals surface area contributed by atoms with E-state index in [0.29, 0.717) is 10.6 Å². The average molecular weight is 272 g/mol. The van der Waals surface area contributed by atoms with Crippen molar-refractivity contribution in [1.82, 2.24) is 15.0 Å². The first-order chi connectivity index (χ1) is 6.66. The summed E-state index contributed by atoms with van der Waals surface area (Å²) >= 11 is 4.69. The monoisotopic (exact) mass is 271 g/mol. The van der Waals surface area contributed by atoms with Crippen LogP contribution < -0.4 is 0 Å². The van der Waals surface area contributed by atoms with Crippen molar-refractivity contribution >= 4 is 33.0 Å². The van der Waals surface area contributed by atoms with Crippen molar-refractivity contribution in [3.05, 3.63) is 32.7 Å². The lowest BCUT2D eigenvalue weighted by Gasteiger charge is -1.89. The summed E-state index contributed by atoms with van der Waals surface area (Å²) in [4.78, 5) is 13.8. The van der Waals surface area contributed by atoms with Crippen molar-refractivity contribution in [2.24, 2.45) is 7.05 Å². The van der Waals surface area contributed by atoms with E-state index in [1.165, 1.54) is 22.3 Å². The molecule has 14 heavy (non-hydrogen) atoms. The standard InChI is InChI=1S/C8H6BrN3OS/c1-12-10-4-5(11-12)8(13)6-2-3-7(9)14-6/h2-4H,1H3. The molecule has 0 bridgehead atoms. The van der Waals surface area contributed by atoms with Crippen LogP contribution in [0.1, 0.15) is 15.4 Å². The number of nitrogens with zero attached hydrogens (tertiary/aromatic N) is 3. The van der Waals surface area contributed by atoms with Crippen molar-refractivity contribution < 1.29 is 4.79 Å². The third kappa shape index (κ3) is 1.76. The van der Waals surface area contributed by atoms with Crippen LogP contribution in [0.15, 0.2) is 22.1 Å². The van der Waals surface area contributed by atoms with Crippen molar-refractivity contribution in [3.8, 4) is 0 Å². The first-order valence-electron chi connectivity index (χ1n) is 3.83. The number of aromatic nitrogens is 3. The molecular weight excluding hydrogens is 266 g/mol. The van der Waals surface area contributed by atoms with Crippen LogP contribution in [0.2, 0.25) is 0 Å². The van der Waals surface area contributed by atoms with Crippen LogP contribution in [0.5, 0.6) is 0 Å². The molecule has 2 aromatic heterocycles. The second-order valence-electron chi connectivity index (χ2n) is 2.65. The van der Waals surface area contributed by atoms with E-state index >= 15 is 0 Å². The molecule has 0 amide bonds. The molecule has 0 radical (unpaired) electrons. The van der Waals surface area contributed by atoms with Crippen molar-refractivity contribution in [3.63, 3.8) is 0 Å². The second-order valence-corrected chi connectivity index (χ2v) is 5.12. The molecule has 6 heteroatoms. The summed E-state index contributed by atoms with van der Waals surface area (Å²) in [6.07, 6.45) is 1.47. The zero-order valence-electron chi connectivity index (χ0n) is 7.27. The molecule has 0 atom stereocenters. The maximum atomic E-state index is 11.7. The van der Waals surface area contributed by atoms with E-state index in [2.05, 4.69) is 26.1 Å². The topological polar surface area (TPSA) is 47.8 Å². The molecule has 2 rings (SSSR count). The molecule has 0 N–H and O–H groups in total. The molecule has 72 valence electrons. The second kappa shape index (κ2) is 3.62. The van der Waals surface area contributed by atoms with Crippen molar-refractivity contribution in [2.45, 2.75) is 0 Å². The summed E-state index contributed by atoms with van der Waals surface area (Å²) in [6, 6.07) is 3.61. The number of hydrogen-bond acceptors (Lipinski definition) is 4. The van der Waals surface area contributed by atoms with Gasteiger partial charge in [-0.2, -0.15) is 15.0 Å². The number of rotatable bonds is 2. The Morgan fingerprint density at radius 3 is 2.86 bits per heavy atom. The highest BCUT2D eigenvalue weighted by Gasteiger charge is 2.14. The summed E-state index contributed by atoms with van der Waals surface area (Å²) < 4.78 is 0.935. The van der Waals surface area contributed by atoms with Crippen LogP contribution >= 0.6 is 27.3 Å². The number of aryl methyl sites for hydroxylation is 1. The van der Waals surface area contributed by atoms with Gasteiger partial charge in [-0.05, 0) is 28.1 Å². The van der Waals surface area contributed by atoms with Gasteiger partial charge in [-0.3, -0.25) is 4.79 Å². The molecular formula is C8H6BrN3OS. The fourth-order valence-corrected chi connectivity index (χ4v) is 2.35. The first kappa shape index (κ1) is 9.54. The molecule has 0 saturated carbocycles. The van der Waals surface area contributed by atoms with Crippen molar-refractivity contribution in [1.29, 1.82) is 0 Å². The van der Waals surface area contributed by atoms with E-state index in [9.17, 15) is 4.79 Å². The Balaban J connectivity index is 2.33. The van der Waals surface area contributed by atoms with Gasteiger partial charge in [-0.1, -0.05) is 0 Å². The Hall–Kier alpha value is -1.01. The molecule has 0 aliphatic rings. The number of thiophene rings is 1. The predicted octanol–water partition coefficient (Wildman–Crippen LogP) is 1.87. The van der Waals surface area contributed by atoms with Gasteiger partial charge in [-0.25, -0.2) is 0 Å². The normalized spacial score (nSPS) is 10.4. The molecule has 2 aromatic rings. The van der Waals surface area contributed by atoms with E-state index in [1.807, 2.05) is 6.07 Å². The summed E-state index contributed by atoms with van der Waals surface area (Å²) in [6.45, 7) is 0. The average Bonchev–Trinajstić information content (AvgIpc) is 2.73. The van der Waals surface area contributed by atoms with Gasteiger partial charge in [0.2, 0.25) is 5.78 Å². The summed E-state index contributed by atoms with van der Waals surface area (Å²) in [5.74, 6) is -0.0891. The third-order valence-corrected chi connectivity index (χ3v) is 3.25. The van der Waals surface area contributed by atoms with Gasteiger partial charge in [0.1, 0.15) is 0 Å². The fraction of sp³-hybridized carbons (Fsp3) is 0.125. The van der Waals surface area contributed by atoms with Gasteiger partial charge >= 0.3 is 0 Å². The molecule has 0 spiro atoms. The molecule has 0 unspecified atom stereocenters. The Morgan fingerprint density at radius 2 is 2.36 bits per heavy atom. The van der Waals surface area contributed by atoms with Crippen LogP contribution in [0.25, 0.3) is 0 Å². The van der Waals surface area contributed by atoms with E-state index in [4.69, 9.17) is 0 Å². The van der Waals surface area contributed by atoms with Gasteiger partial charge in [0.25, 0.3) is 0 Å². The van der Waals surface area contributed by atoms with Gasteiger partial charge in [-0.15, -0.1) is 11.3 Å². The van der Waals surface area contributed by atoms with Crippen LogP contribution in [0.3, 0.4) is 0 Å². The molecule has 0 aliphatic heterocycles. The summed E-state index contributed by atoms with van der Waals surface area (Å²) in [5, 5.41) is 7.79. The van der Waals surface area contributed by atoms with E-state index in [1.54, 1.807) is 13.1 Å². The number of hydrogen-bond donors (Lipinski definition) is 0. The maximum Gasteiger partial charge on any atom is 0.224 e. The van der Waals surface area contributed by atoms with E-state index < -0.39 is 0 Å². The smallest absolute Gasteiger partial charge is 0.224 e. The lowest BCUT2D eigenvalue weighted by Crippen LogP contribution is -2.01. The number of ketones is 1. The zero-order valence-corrected chi connectivity index (χ0v) is 9.67. The summed E-state index contributed by atoms with van der Waals surface area (Å²) in [5.41, 5.74) is 0.377. The maximum absolute atomic E-state index is 11.7. The molecule has 0 aromatic carbocycles. The minimum Gasteiger partial charge on any atom is -0.286 e. The molecule has 2 heterocycles. The quantitative estimate of drug-likeness (QED) is 0.784. The minimum atomic E-state index is -0.0891. The zero-order chi connectivity index (χ0) is 10.1. The highest BCUT2D eigenvalue weighted by atomic mass is 79.9. The summed E-state index contributed by atoms with van der Waals surface area (Å²) in [7, 11) is 1.68. The van der Waals surface area contributed by atoms with Gasteiger partial charge in [0, 0.05) is 7.05 Å². The lowest BCUT2D eigenvalue weighted by molar-refractivity contribution is 0.103. The fourth-order valence-electron chi connectivity index (χ4n) is 1.01. The van der Waals surface area contributed by atoms with Gasteiger partial charge in [0.15, 0.2) is 5.69 Å². The third-order valence-electron chi connectivity index (χ3n) is 1.63. The predicted molar refractivity (Wildman–Crippen MR) is 56.5 cm³/mol. The van der Waals surface area contributed by atoms with Crippen LogP contribution in [-0.2, 0) is 7.05 Å². The Bertz CT molecular complexity index is 434. The lowest BCUT2D eigenvalue weighted by atomic mass is 10.2. The molecule has 0 aliphatic carbocycles.